The molecule has 0 aliphatic carbocycles. The SMILES string of the molecule is COc1cccc(CCNC(=O)C2CC(=O)N(c3cccc(OC)c3)C2)c1. The lowest BCUT2D eigenvalue weighted by Gasteiger charge is -2.17. The quantitative estimate of drug-likeness (QED) is 0.815. The zero-order valence-electron chi connectivity index (χ0n) is 15.6. The number of carbonyl (C=O) groups excluding carboxylic acids is 2. The van der Waals surface area contributed by atoms with Crippen molar-refractivity contribution in [2.75, 3.05) is 32.2 Å². The van der Waals surface area contributed by atoms with E-state index in [4.69, 9.17) is 9.47 Å². The van der Waals surface area contributed by atoms with E-state index in [-0.39, 0.29) is 24.2 Å². The molecule has 6 nitrogen and oxygen atoms in total. The summed E-state index contributed by atoms with van der Waals surface area (Å²) in [7, 11) is 3.22. The van der Waals surface area contributed by atoms with Gasteiger partial charge in [-0.05, 0) is 36.2 Å². The fourth-order valence-corrected chi connectivity index (χ4v) is 3.21. The summed E-state index contributed by atoms with van der Waals surface area (Å²) in [6.45, 7) is 0.910. The van der Waals surface area contributed by atoms with Crippen molar-refractivity contribution < 1.29 is 19.1 Å². The lowest BCUT2D eigenvalue weighted by molar-refractivity contribution is -0.126. The maximum absolute atomic E-state index is 12.5. The largest absolute Gasteiger partial charge is 0.497 e. The Hall–Kier alpha value is -3.02. The summed E-state index contributed by atoms with van der Waals surface area (Å²) in [6, 6.07) is 15.1. The highest BCUT2D eigenvalue weighted by molar-refractivity contribution is 6.00. The van der Waals surface area contributed by atoms with E-state index in [0.717, 1.165) is 17.0 Å². The molecule has 2 amide bonds. The van der Waals surface area contributed by atoms with Gasteiger partial charge in [0.15, 0.2) is 0 Å². The summed E-state index contributed by atoms with van der Waals surface area (Å²) in [4.78, 5) is 26.5. The van der Waals surface area contributed by atoms with Gasteiger partial charge in [-0.2, -0.15) is 0 Å². The highest BCUT2D eigenvalue weighted by atomic mass is 16.5. The molecule has 27 heavy (non-hydrogen) atoms. The van der Waals surface area contributed by atoms with Crippen LogP contribution in [0.25, 0.3) is 0 Å². The average molecular weight is 368 g/mol. The first kappa shape index (κ1) is 18.8. The Morgan fingerprint density at radius 2 is 1.81 bits per heavy atom. The molecule has 2 aromatic carbocycles. The normalized spacial score (nSPS) is 16.3. The number of nitrogens with one attached hydrogen (secondary N) is 1. The van der Waals surface area contributed by atoms with Crippen LogP contribution in [0.15, 0.2) is 48.5 Å². The van der Waals surface area contributed by atoms with E-state index < -0.39 is 0 Å². The minimum Gasteiger partial charge on any atom is -0.497 e. The Morgan fingerprint density at radius 3 is 2.56 bits per heavy atom. The van der Waals surface area contributed by atoms with E-state index in [9.17, 15) is 9.59 Å². The summed E-state index contributed by atoms with van der Waals surface area (Å²) < 4.78 is 10.4. The van der Waals surface area contributed by atoms with Crippen LogP contribution >= 0.6 is 0 Å². The molecular weight excluding hydrogens is 344 g/mol. The molecule has 2 aromatic rings. The molecule has 0 aromatic heterocycles. The minimum absolute atomic E-state index is 0.0452. The number of hydrogen-bond acceptors (Lipinski definition) is 4. The number of carbonyl (C=O) groups is 2. The minimum atomic E-state index is -0.339. The standard InChI is InChI=1S/C21H24N2O4/c1-26-18-7-3-5-15(11-18)9-10-22-21(25)16-12-20(24)23(14-16)17-6-4-8-19(13-17)27-2/h3-8,11,13,16H,9-10,12,14H2,1-2H3,(H,22,25). The zero-order valence-corrected chi connectivity index (χ0v) is 15.6. The molecule has 1 atom stereocenters. The fraction of sp³-hybridized carbons (Fsp3) is 0.333. The van der Waals surface area contributed by atoms with Crippen molar-refractivity contribution in [2.24, 2.45) is 5.92 Å². The van der Waals surface area contributed by atoms with Crippen molar-refractivity contribution in [1.82, 2.24) is 5.32 Å². The first-order chi connectivity index (χ1) is 13.1. The van der Waals surface area contributed by atoms with Crippen LogP contribution in [0.3, 0.4) is 0 Å². The van der Waals surface area contributed by atoms with Crippen LogP contribution < -0.4 is 19.7 Å². The molecule has 0 saturated carbocycles. The summed E-state index contributed by atoms with van der Waals surface area (Å²) in [5.74, 6) is 1.02. The van der Waals surface area contributed by atoms with Crippen LogP contribution in [-0.4, -0.2) is 39.1 Å². The van der Waals surface area contributed by atoms with Crippen molar-refractivity contribution in [3.8, 4) is 11.5 Å². The number of nitrogens with zero attached hydrogens (tertiary/aromatic N) is 1. The van der Waals surface area contributed by atoms with Crippen LogP contribution in [0, 0.1) is 5.92 Å². The first-order valence-corrected chi connectivity index (χ1v) is 8.96. The van der Waals surface area contributed by atoms with Gasteiger partial charge < -0.3 is 19.7 Å². The van der Waals surface area contributed by atoms with Crippen LogP contribution in [0.5, 0.6) is 11.5 Å². The fourth-order valence-electron chi connectivity index (χ4n) is 3.21. The first-order valence-electron chi connectivity index (χ1n) is 8.96. The Morgan fingerprint density at radius 1 is 1.11 bits per heavy atom. The number of amides is 2. The maximum Gasteiger partial charge on any atom is 0.227 e. The summed E-state index contributed by atoms with van der Waals surface area (Å²) >= 11 is 0. The van der Waals surface area contributed by atoms with Gasteiger partial charge >= 0.3 is 0 Å². The smallest absolute Gasteiger partial charge is 0.227 e. The van der Waals surface area contributed by atoms with Gasteiger partial charge in [0.2, 0.25) is 11.8 Å². The van der Waals surface area contributed by atoms with Gasteiger partial charge in [0.05, 0.1) is 20.1 Å². The molecule has 142 valence electrons. The van der Waals surface area contributed by atoms with Gasteiger partial charge in [-0.1, -0.05) is 18.2 Å². The lowest BCUT2D eigenvalue weighted by atomic mass is 10.1. The van der Waals surface area contributed by atoms with Gasteiger partial charge in [0, 0.05) is 31.3 Å². The molecule has 1 N–H and O–H groups in total. The molecule has 1 saturated heterocycles. The van der Waals surface area contributed by atoms with Gasteiger partial charge in [-0.25, -0.2) is 0 Å². The van der Waals surface area contributed by atoms with E-state index in [1.165, 1.54) is 0 Å². The molecule has 1 fully saturated rings. The monoisotopic (exact) mass is 368 g/mol. The van der Waals surface area contributed by atoms with Crippen LogP contribution in [-0.2, 0) is 16.0 Å². The highest BCUT2D eigenvalue weighted by Crippen LogP contribution is 2.28. The van der Waals surface area contributed by atoms with Crippen molar-refractivity contribution >= 4 is 17.5 Å². The van der Waals surface area contributed by atoms with Crippen molar-refractivity contribution in [2.45, 2.75) is 12.8 Å². The summed E-state index contributed by atoms with van der Waals surface area (Å²) in [5.41, 5.74) is 1.85. The molecule has 1 aliphatic rings. The molecule has 0 spiro atoms. The van der Waals surface area contributed by atoms with Crippen molar-refractivity contribution in [1.29, 1.82) is 0 Å². The molecule has 1 heterocycles. The second-order valence-corrected chi connectivity index (χ2v) is 6.50. The van der Waals surface area contributed by atoms with E-state index in [0.29, 0.717) is 25.3 Å². The predicted molar refractivity (Wildman–Crippen MR) is 103 cm³/mol. The van der Waals surface area contributed by atoms with E-state index in [2.05, 4.69) is 5.32 Å². The van der Waals surface area contributed by atoms with Crippen LogP contribution in [0.1, 0.15) is 12.0 Å². The highest BCUT2D eigenvalue weighted by Gasteiger charge is 2.35. The van der Waals surface area contributed by atoms with E-state index in [1.54, 1.807) is 25.2 Å². The average Bonchev–Trinajstić information content (AvgIpc) is 3.10. The Labute approximate surface area is 159 Å². The number of rotatable bonds is 7. The van der Waals surface area contributed by atoms with Crippen molar-refractivity contribution in [3.63, 3.8) is 0 Å². The molecule has 3 rings (SSSR count). The van der Waals surface area contributed by atoms with Gasteiger partial charge in [0.1, 0.15) is 11.5 Å². The Balaban J connectivity index is 1.54. The van der Waals surface area contributed by atoms with Crippen LogP contribution in [0.2, 0.25) is 0 Å². The molecule has 0 radical (unpaired) electrons. The summed E-state index contributed by atoms with van der Waals surface area (Å²) in [6.07, 6.45) is 0.936. The lowest BCUT2D eigenvalue weighted by Crippen LogP contribution is -2.34. The number of benzene rings is 2. The molecule has 1 aliphatic heterocycles. The third-order valence-electron chi connectivity index (χ3n) is 4.71. The number of hydrogen-bond donors (Lipinski definition) is 1. The summed E-state index contributed by atoms with van der Waals surface area (Å²) in [5, 5.41) is 2.94. The number of ether oxygens (including phenoxy) is 2. The second kappa shape index (κ2) is 8.58. The third kappa shape index (κ3) is 4.58. The van der Waals surface area contributed by atoms with Gasteiger partial charge in [-0.15, -0.1) is 0 Å². The zero-order chi connectivity index (χ0) is 19.2. The second-order valence-electron chi connectivity index (χ2n) is 6.50. The molecule has 6 heteroatoms. The van der Waals surface area contributed by atoms with Crippen LogP contribution in [0.4, 0.5) is 5.69 Å². The predicted octanol–water partition coefficient (Wildman–Crippen LogP) is 2.42. The topological polar surface area (TPSA) is 67.9 Å². The van der Waals surface area contributed by atoms with Crippen molar-refractivity contribution in [3.05, 3.63) is 54.1 Å². The van der Waals surface area contributed by atoms with E-state index in [1.807, 2.05) is 42.5 Å². The van der Waals surface area contributed by atoms with E-state index >= 15 is 0 Å². The molecule has 1 unspecified atom stereocenters. The van der Waals surface area contributed by atoms with Gasteiger partial charge in [0.25, 0.3) is 0 Å². The Bertz CT molecular complexity index is 821. The third-order valence-corrected chi connectivity index (χ3v) is 4.71. The number of methoxy groups -OCH3 is 2. The molecule has 0 bridgehead atoms. The maximum atomic E-state index is 12.5. The molecular formula is C21H24N2O4. The van der Waals surface area contributed by atoms with Gasteiger partial charge in [-0.3, -0.25) is 9.59 Å². The number of anilines is 1. The Kier molecular flexibility index (Phi) is 5.96.